The van der Waals surface area contributed by atoms with E-state index in [9.17, 15) is 18.0 Å². The zero-order valence-electron chi connectivity index (χ0n) is 20.6. The van der Waals surface area contributed by atoms with Crippen molar-refractivity contribution in [2.45, 2.75) is 12.7 Å². The Kier molecular flexibility index (Phi) is 7.86. The molecule has 13 heteroatoms. The van der Waals surface area contributed by atoms with Crippen LogP contribution in [0.5, 0.6) is 0 Å². The van der Waals surface area contributed by atoms with E-state index in [0.717, 1.165) is 36.5 Å². The number of halogens is 3. The van der Waals surface area contributed by atoms with E-state index in [1.165, 1.54) is 0 Å². The molecule has 0 spiro atoms. The number of nitrogens with one attached hydrogen (secondary N) is 2. The summed E-state index contributed by atoms with van der Waals surface area (Å²) in [4.78, 5) is 30.6. The van der Waals surface area contributed by atoms with Crippen LogP contribution in [0.25, 0.3) is 22.4 Å². The van der Waals surface area contributed by atoms with Crippen LogP contribution in [0.15, 0.2) is 36.5 Å². The first-order chi connectivity index (χ1) is 18.3. The van der Waals surface area contributed by atoms with Gasteiger partial charge in [0.15, 0.2) is 11.6 Å². The number of amides is 2. The molecule has 0 radical (unpaired) electrons. The zero-order valence-corrected chi connectivity index (χ0v) is 20.6. The number of pyridine rings is 1. The molecule has 1 aromatic carbocycles. The van der Waals surface area contributed by atoms with Gasteiger partial charge in [0.05, 0.1) is 31.9 Å². The van der Waals surface area contributed by atoms with E-state index < -0.39 is 18.8 Å². The summed E-state index contributed by atoms with van der Waals surface area (Å²) >= 11 is 0. The molecule has 2 aliphatic rings. The molecule has 2 amide bonds. The van der Waals surface area contributed by atoms with Crippen molar-refractivity contribution in [1.29, 1.82) is 0 Å². The molecule has 0 aliphatic carbocycles. The number of ether oxygens (including phenoxy) is 2. The van der Waals surface area contributed by atoms with Gasteiger partial charge in [-0.05, 0) is 35.9 Å². The fraction of sp³-hybridized carbons (Fsp3) is 0.440. The van der Waals surface area contributed by atoms with Crippen molar-refractivity contribution in [3.8, 4) is 11.4 Å². The topological polar surface area (TPSA) is 105 Å². The standard InChI is InChI=1S/C25H28F3N7O3/c26-25(27,28)16-30-24(36)31-19-3-1-18(2-4-19)22-32-20-13-17(15-34-5-9-37-10-6-34)14-29-21(20)23(33-22)35-7-11-38-12-8-35/h1-4,13-14H,5-12,15-16H2,(H2,30,31,36). The summed E-state index contributed by atoms with van der Waals surface area (Å²) in [6.45, 7) is 5.02. The molecule has 3 aromatic rings. The van der Waals surface area contributed by atoms with Crippen LogP contribution in [0.4, 0.5) is 29.5 Å². The molecule has 0 unspecified atom stereocenters. The Bertz CT molecular complexity index is 1260. The zero-order chi connectivity index (χ0) is 26.5. The summed E-state index contributed by atoms with van der Waals surface area (Å²) < 4.78 is 48.0. The lowest BCUT2D eigenvalue weighted by molar-refractivity contribution is -0.122. The predicted molar refractivity (Wildman–Crippen MR) is 135 cm³/mol. The van der Waals surface area contributed by atoms with Gasteiger partial charge in [-0.2, -0.15) is 13.2 Å². The first-order valence-corrected chi connectivity index (χ1v) is 12.4. The highest BCUT2D eigenvalue weighted by Crippen LogP contribution is 2.28. The Morgan fingerprint density at radius 3 is 2.34 bits per heavy atom. The van der Waals surface area contributed by atoms with Crippen LogP contribution < -0.4 is 15.5 Å². The summed E-state index contributed by atoms with van der Waals surface area (Å²) in [5, 5.41) is 4.18. The molecule has 2 fully saturated rings. The lowest BCUT2D eigenvalue weighted by Crippen LogP contribution is -2.37. The summed E-state index contributed by atoms with van der Waals surface area (Å²) in [5.74, 6) is 1.21. The number of benzene rings is 1. The quantitative estimate of drug-likeness (QED) is 0.500. The molecule has 10 nitrogen and oxygen atoms in total. The molecule has 202 valence electrons. The van der Waals surface area contributed by atoms with E-state index in [1.54, 1.807) is 29.6 Å². The molecule has 2 N–H and O–H groups in total. The minimum Gasteiger partial charge on any atom is -0.379 e. The first-order valence-electron chi connectivity index (χ1n) is 12.4. The Morgan fingerprint density at radius 2 is 1.66 bits per heavy atom. The van der Waals surface area contributed by atoms with E-state index >= 15 is 0 Å². The Morgan fingerprint density at radius 1 is 0.974 bits per heavy atom. The largest absolute Gasteiger partial charge is 0.405 e. The molecule has 2 saturated heterocycles. The van der Waals surface area contributed by atoms with Gasteiger partial charge >= 0.3 is 12.2 Å². The summed E-state index contributed by atoms with van der Waals surface area (Å²) in [5.41, 5.74) is 3.51. The maximum absolute atomic E-state index is 12.3. The van der Waals surface area contributed by atoms with E-state index in [1.807, 2.05) is 12.3 Å². The SMILES string of the molecule is O=C(NCC(F)(F)F)Nc1ccc(-c2nc(N3CCOCC3)c3ncc(CN4CCOCC4)cc3n2)cc1. The van der Waals surface area contributed by atoms with Crippen LogP contribution in [-0.2, 0) is 16.0 Å². The van der Waals surface area contributed by atoms with Gasteiger partial charge in [-0.3, -0.25) is 9.88 Å². The lowest BCUT2D eigenvalue weighted by atomic mass is 10.1. The first kappa shape index (κ1) is 26.1. The van der Waals surface area contributed by atoms with Crippen molar-refractivity contribution >= 4 is 28.6 Å². The van der Waals surface area contributed by atoms with Gasteiger partial charge in [0, 0.05) is 50.2 Å². The third-order valence-corrected chi connectivity index (χ3v) is 6.25. The third-order valence-electron chi connectivity index (χ3n) is 6.25. The number of nitrogens with zero attached hydrogens (tertiary/aromatic N) is 5. The lowest BCUT2D eigenvalue weighted by Gasteiger charge is -2.29. The number of aromatic nitrogens is 3. The number of rotatable bonds is 6. The summed E-state index contributed by atoms with van der Waals surface area (Å²) in [7, 11) is 0. The van der Waals surface area contributed by atoms with Crippen molar-refractivity contribution < 1.29 is 27.4 Å². The van der Waals surface area contributed by atoms with Crippen LogP contribution in [0, 0.1) is 0 Å². The molecular weight excluding hydrogens is 503 g/mol. The predicted octanol–water partition coefficient (Wildman–Crippen LogP) is 3.04. The van der Waals surface area contributed by atoms with Crippen LogP contribution in [-0.4, -0.2) is 91.2 Å². The molecular formula is C25H28F3N7O3. The van der Waals surface area contributed by atoms with Crippen molar-refractivity contribution in [3.05, 3.63) is 42.1 Å². The number of alkyl halides is 3. The average Bonchev–Trinajstić information content (AvgIpc) is 2.92. The second-order valence-electron chi connectivity index (χ2n) is 9.07. The molecule has 0 saturated carbocycles. The highest BCUT2D eigenvalue weighted by atomic mass is 19.4. The Hall–Kier alpha value is -3.55. The van der Waals surface area contributed by atoms with Crippen molar-refractivity contribution in [1.82, 2.24) is 25.2 Å². The van der Waals surface area contributed by atoms with Gasteiger partial charge in [0.25, 0.3) is 0 Å². The van der Waals surface area contributed by atoms with Gasteiger partial charge < -0.3 is 25.0 Å². The second kappa shape index (κ2) is 11.5. The molecule has 2 aromatic heterocycles. The molecule has 4 heterocycles. The second-order valence-corrected chi connectivity index (χ2v) is 9.07. The van der Waals surface area contributed by atoms with Crippen LogP contribution >= 0.6 is 0 Å². The van der Waals surface area contributed by atoms with Crippen molar-refractivity contribution in [2.75, 3.05) is 69.4 Å². The minimum atomic E-state index is -4.48. The maximum Gasteiger partial charge on any atom is 0.405 e. The highest BCUT2D eigenvalue weighted by Gasteiger charge is 2.27. The number of carbonyl (C=O) groups is 1. The summed E-state index contributed by atoms with van der Waals surface area (Å²) in [6, 6.07) is 7.72. The third kappa shape index (κ3) is 6.65. The van der Waals surface area contributed by atoms with Gasteiger partial charge in [-0.15, -0.1) is 0 Å². The number of fused-ring (bicyclic) bond motifs is 1. The highest BCUT2D eigenvalue weighted by molar-refractivity contribution is 5.90. The van der Waals surface area contributed by atoms with Crippen LogP contribution in [0.3, 0.4) is 0 Å². The minimum absolute atomic E-state index is 0.345. The van der Waals surface area contributed by atoms with E-state index in [0.29, 0.717) is 62.1 Å². The number of morpholine rings is 2. The number of hydrogen-bond acceptors (Lipinski definition) is 8. The number of urea groups is 1. The fourth-order valence-corrected chi connectivity index (χ4v) is 4.33. The Labute approximate surface area is 217 Å². The van der Waals surface area contributed by atoms with E-state index in [4.69, 9.17) is 24.4 Å². The van der Waals surface area contributed by atoms with Crippen molar-refractivity contribution in [2.24, 2.45) is 0 Å². The fourth-order valence-electron chi connectivity index (χ4n) is 4.33. The molecule has 0 bridgehead atoms. The smallest absolute Gasteiger partial charge is 0.379 e. The van der Waals surface area contributed by atoms with E-state index in [-0.39, 0.29) is 0 Å². The van der Waals surface area contributed by atoms with Crippen LogP contribution in [0.2, 0.25) is 0 Å². The maximum atomic E-state index is 12.3. The molecule has 38 heavy (non-hydrogen) atoms. The number of anilines is 2. The summed E-state index contributed by atoms with van der Waals surface area (Å²) in [6.07, 6.45) is -2.61. The van der Waals surface area contributed by atoms with E-state index in [2.05, 4.69) is 15.1 Å². The van der Waals surface area contributed by atoms with Gasteiger partial charge in [-0.25, -0.2) is 14.8 Å². The molecule has 2 aliphatic heterocycles. The van der Waals surface area contributed by atoms with Gasteiger partial charge in [0.2, 0.25) is 0 Å². The van der Waals surface area contributed by atoms with Crippen LogP contribution in [0.1, 0.15) is 5.56 Å². The number of hydrogen-bond donors (Lipinski definition) is 2. The molecule has 0 atom stereocenters. The normalized spacial score (nSPS) is 17.0. The molecule has 5 rings (SSSR count). The van der Waals surface area contributed by atoms with Crippen molar-refractivity contribution in [3.63, 3.8) is 0 Å². The van der Waals surface area contributed by atoms with Gasteiger partial charge in [-0.1, -0.05) is 0 Å². The van der Waals surface area contributed by atoms with Gasteiger partial charge in [0.1, 0.15) is 12.1 Å². The number of carbonyl (C=O) groups excluding carboxylic acids is 1. The average molecular weight is 532 g/mol. The Balaban J connectivity index is 1.41. The monoisotopic (exact) mass is 531 g/mol.